The lowest BCUT2D eigenvalue weighted by molar-refractivity contribution is 0.169. The van der Waals surface area contributed by atoms with Gasteiger partial charge in [0, 0.05) is 26.0 Å². The van der Waals surface area contributed by atoms with E-state index in [4.69, 9.17) is 4.74 Å². The maximum atomic E-state index is 11.2. The Labute approximate surface area is 92.3 Å². The van der Waals surface area contributed by atoms with Crippen LogP contribution in [-0.2, 0) is 14.6 Å². The van der Waals surface area contributed by atoms with Crippen LogP contribution in [0.5, 0.6) is 0 Å². The molecule has 1 aliphatic rings. The van der Waals surface area contributed by atoms with Crippen LogP contribution in [0.15, 0.2) is 0 Å². The van der Waals surface area contributed by atoms with Crippen LogP contribution < -0.4 is 5.32 Å². The SMILES string of the molecule is COCC(C)NCC1(CS(C)(=O)=O)CC1. The van der Waals surface area contributed by atoms with Crippen molar-refractivity contribution < 1.29 is 13.2 Å². The lowest BCUT2D eigenvalue weighted by atomic mass is 10.1. The van der Waals surface area contributed by atoms with Crippen molar-refractivity contribution in [3.05, 3.63) is 0 Å². The number of methoxy groups -OCH3 is 1. The molecule has 0 aromatic rings. The lowest BCUT2D eigenvalue weighted by Crippen LogP contribution is -2.37. The molecule has 0 aromatic heterocycles. The van der Waals surface area contributed by atoms with Crippen molar-refractivity contribution in [3.8, 4) is 0 Å². The van der Waals surface area contributed by atoms with Gasteiger partial charge in [-0.2, -0.15) is 0 Å². The molecule has 1 aliphatic carbocycles. The minimum Gasteiger partial charge on any atom is -0.383 e. The Morgan fingerprint density at radius 3 is 2.47 bits per heavy atom. The average Bonchev–Trinajstić information content (AvgIpc) is 2.80. The Morgan fingerprint density at radius 2 is 2.07 bits per heavy atom. The smallest absolute Gasteiger partial charge is 0.148 e. The first-order chi connectivity index (χ1) is 6.87. The van der Waals surface area contributed by atoms with Gasteiger partial charge in [0.25, 0.3) is 0 Å². The van der Waals surface area contributed by atoms with Crippen LogP contribution in [0, 0.1) is 5.41 Å². The minimum absolute atomic E-state index is 0.00951. The first-order valence-electron chi connectivity index (χ1n) is 5.27. The Hall–Kier alpha value is -0.130. The fourth-order valence-corrected chi connectivity index (χ4v) is 3.31. The summed E-state index contributed by atoms with van der Waals surface area (Å²) >= 11 is 0. The van der Waals surface area contributed by atoms with Gasteiger partial charge >= 0.3 is 0 Å². The van der Waals surface area contributed by atoms with E-state index in [9.17, 15) is 8.42 Å². The topological polar surface area (TPSA) is 55.4 Å². The number of rotatable bonds is 7. The molecule has 0 saturated heterocycles. The number of sulfone groups is 1. The van der Waals surface area contributed by atoms with Crippen LogP contribution in [0.2, 0.25) is 0 Å². The summed E-state index contributed by atoms with van der Waals surface area (Å²) in [6.45, 7) is 3.49. The van der Waals surface area contributed by atoms with Crippen molar-refractivity contribution in [2.45, 2.75) is 25.8 Å². The van der Waals surface area contributed by atoms with Crippen molar-refractivity contribution in [1.82, 2.24) is 5.32 Å². The molecule has 0 bridgehead atoms. The standard InChI is InChI=1S/C10H21NO3S/c1-9(6-14-2)11-7-10(4-5-10)8-15(3,12)13/h9,11H,4-8H2,1-3H3. The van der Waals surface area contributed by atoms with Crippen molar-refractivity contribution in [1.29, 1.82) is 0 Å². The van der Waals surface area contributed by atoms with Gasteiger partial charge in [0.05, 0.1) is 12.4 Å². The highest BCUT2D eigenvalue weighted by atomic mass is 32.2. The average molecular weight is 235 g/mol. The maximum Gasteiger partial charge on any atom is 0.148 e. The molecule has 0 radical (unpaired) electrons. The second kappa shape index (κ2) is 4.80. The second-order valence-electron chi connectivity index (χ2n) is 4.81. The summed E-state index contributed by atoms with van der Waals surface area (Å²) in [5.74, 6) is 0.312. The summed E-state index contributed by atoms with van der Waals surface area (Å²) in [4.78, 5) is 0. The molecule has 90 valence electrons. The molecule has 0 amide bonds. The molecule has 1 rings (SSSR count). The molecule has 4 nitrogen and oxygen atoms in total. The predicted octanol–water partition coefficient (Wildman–Crippen LogP) is 0.436. The van der Waals surface area contributed by atoms with Gasteiger partial charge in [-0.15, -0.1) is 0 Å². The van der Waals surface area contributed by atoms with Gasteiger partial charge in [-0.05, 0) is 25.2 Å². The van der Waals surface area contributed by atoms with E-state index in [0.29, 0.717) is 12.4 Å². The highest BCUT2D eigenvalue weighted by molar-refractivity contribution is 7.90. The highest BCUT2D eigenvalue weighted by Gasteiger charge is 2.44. The van der Waals surface area contributed by atoms with Crippen molar-refractivity contribution in [2.75, 3.05) is 32.3 Å². The molecule has 0 aliphatic heterocycles. The van der Waals surface area contributed by atoms with Gasteiger partial charge in [0.1, 0.15) is 9.84 Å². The molecule has 0 heterocycles. The normalized spacial score (nSPS) is 21.3. The molecule has 0 aromatic carbocycles. The van der Waals surface area contributed by atoms with Crippen LogP contribution in [0.3, 0.4) is 0 Å². The summed E-state index contributed by atoms with van der Waals surface area (Å²) in [5.41, 5.74) is 0.00951. The van der Waals surface area contributed by atoms with E-state index in [2.05, 4.69) is 5.32 Å². The molecular formula is C10H21NO3S. The Balaban J connectivity index is 2.32. The molecule has 1 N–H and O–H groups in total. The predicted molar refractivity (Wildman–Crippen MR) is 60.7 cm³/mol. The third-order valence-electron chi connectivity index (χ3n) is 2.77. The zero-order chi connectivity index (χ0) is 11.5. The fraction of sp³-hybridized carbons (Fsp3) is 1.00. The van der Waals surface area contributed by atoms with E-state index in [1.807, 2.05) is 6.92 Å². The number of hydrogen-bond acceptors (Lipinski definition) is 4. The summed E-state index contributed by atoms with van der Waals surface area (Å²) in [7, 11) is -1.18. The molecule has 1 fully saturated rings. The molecule has 5 heteroatoms. The summed E-state index contributed by atoms with van der Waals surface area (Å²) in [5, 5.41) is 3.32. The zero-order valence-corrected chi connectivity index (χ0v) is 10.6. The zero-order valence-electron chi connectivity index (χ0n) is 9.75. The first kappa shape index (κ1) is 12.9. The van der Waals surface area contributed by atoms with Crippen molar-refractivity contribution in [3.63, 3.8) is 0 Å². The Morgan fingerprint density at radius 1 is 1.47 bits per heavy atom. The van der Waals surface area contributed by atoms with Crippen molar-refractivity contribution >= 4 is 9.84 Å². The summed E-state index contributed by atoms with van der Waals surface area (Å²) < 4.78 is 27.4. The van der Waals surface area contributed by atoms with E-state index in [1.54, 1.807) is 7.11 Å². The van der Waals surface area contributed by atoms with Crippen LogP contribution in [0.1, 0.15) is 19.8 Å². The van der Waals surface area contributed by atoms with Crippen LogP contribution in [0.25, 0.3) is 0 Å². The minimum atomic E-state index is -2.85. The van der Waals surface area contributed by atoms with Gasteiger partial charge in [0.2, 0.25) is 0 Å². The summed E-state index contributed by atoms with van der Waals surface area (Å²) in [6, 6.07) is 0.284. The third kappa shape index (κ3) is 4.95. The van der Waals surface area contributed by atoms with E-state index < -0.39 is 9.84 Å². The van der Waals surface area contributed by atoms with Crippen LogP contribution >= 0.6 is 0 Å². The quantitative estimate of drug-likeness (QED) is 0.695. The van der Waals surface area contributed by atoms with Crippen LogP contribution in [-0.4, -0.2) is 46.7 Å². The second-order valence-corrected chi connectivity index (χ2v) is 6.95. The Bertz CT molecular complexity index is 296. The number of nitrogens with one attached hydrogen (secondary N) is 1. The summed E-state index contributed by atoms with van der Waals surface area (Å²) in [6.07, 6.45) is 3.35. The largest absolute Gasteiger partial charge is 0.383 e. The highest BCUT2D eigenvalue weighted by Crippen LogP contribution is 2.46. The van der Waals surface area contributed by atoms with Crippen molar-refractivity contribution in [2.24, 2.45) is 5.41 Å². The van der Waals surface area contributed by atoms with Gasteiger partial charge < -0.3 is 10.1 Å². The monoisotopic (exact) mass is 235 g/mol. The number of hydrogen-bond donors (Lipinski definition) is 1. The van der Waals surface area contributed by atoms with E-state index in [0.717, 1.165) is 19.4 Å². The van der Waals surface area contributed by atoms with Gasteiger partial charge in [-0.25, -0.2) is 8.42 Å². The maximum absolute atomic E-state index is 11.2. The Kier molecular flexibility index (Phi) is 4.14. The molecule has 1 atom stereocenters. The number of ether oxygens (including phenoxy) is 1. The van der Waals surface area contributed by atoms with E-state index in [-0.39, 0.29) is 11.5 Å². The first-order valence-corrected chi connectivity index (χ1v) is 7.33. The molecular weight excluding hydrogens is 214 g/mol. The van der Waals surface area contributed by atoms with Gasteiger partial charge in [-0.1, -0.05) is 0 Å². The van der Waals surface area contributed by atoms with Gasteiger partial charge in [-0.3, -0.25) is 0 Å². The molecule has 1 saturated carbocycles. The molecule has 0 spiro atoms. The fourth-order valence-electron chi connectivity index (χ4n) is 1.80. The van der Waals surface area contributed by atoms with E-state index in [1.165, 1.54) is 6.26 Å². The van der Waals surface area contributed by atoms with Crippen LogP contribution in [0.4, 0.5) is 0 Å². The van der Waals surface area contributed by atoms with Gasteiger partial charge in [0.15, 0.2) is 0 Å². The molecule has 1 unspecified atom stereocenters. The lowest BCUT2D eigenvalue weighted by Gasteiger charge is -2.18. The third-order valence-corrected chi connectivity index (χ3v) is 3.90. The molecule has 15 heavy (non-hydrogen) atoms. The van der Waals surface area contributed by atoms with E-state index >= 15 is 0 Å².